The van der Waals surface area contributed by atoms with Crippen LogP contribution in [0, 0.1) is 3.57 Å². The summed E-state index contributed by atoms with van der Waals surface area (Å²) in [6.45, 7) is 5.34. The number of hydrogen-bond donors (Lipinski definition) is 3. The van der Waals surface area contributed by atoms with Crippen molar-refractivity contribution in [1.82, 2.24) is 19.9 Å². The van der Waals surface area contributed by atoms with Gasteiger partial charge in [-0.2, -0.15) is 15.0 Å². The summed E-state index contributed by atoms with van der Waals surface area (Å²) in [4.78, 5) is 16.7. The van der Waals surface area contributed by atoms with Crippen molar-refractivity contribution in [2.24, 2.45) is 0 Å². The van der Waals surface area contributed by atoms with E-state index in [0.717, 1.165) is 28.1 Å². The molecule has 2 aromatic rings. The van der Waals surface area contributed by atoms with Crippen LogP contribution in [-0.2, 0) is 0 Å². The van der Waals surface area contributed by atoms with E-state index in [0.29, 0.717) is 29.9 Å². The number of rotatable bonds is 9. The fraction of sp³-hybridized carbons (Fsp3) is 0.625. The van der Waals surface area contributed by atoms with Crippen molar-refractivity contribution in [1.29, 1.82) is 0 Å². The molecule has 33 heavy (non-hydrogen) atoms. The highest BCUT2D eigenvalue weighted by atomic mass is 127. The molecular formula is C24H36IN7O. The second-order valence-electron chi connectivity index (χ2n) is 8.92. The van der Waals surface area contributed by atoms with Gasteiger partial charge in [0.25, 0.3) is 0 Å². The zero-order chi connectivity index (χ0) is 23.0. The number of likely N-dealkylation sites (N-methyl/N-ethyl adjacent to an activating group) is 1. The summed E-state index contributed by atoms with van der Waals surface area (Å²) in [5.41, 5.74) is 0.922. The van der Waals surface area contributed by atoms with Gasteiger partial charge in [-0.1, -0.05) is 32.6 Å². The number of ether oxygens (including phenoxy) is 1. The van der Waals surface area contributed by atoms with Gasteiger partial charge in [0.05, 0.1) is 10.7 Å². The average Bonchev–Trinajstić information content (AvgIpc) is 3.12. The van der Waals surface area contributed by atoms with Gasteiger partial charge in [0.15, 0.2) is 0 Å². The van der Waals surface area contributed by atoms with E-state index >= 15 is 0 Å². The third-order valence-electron chi connectivity index (χ3n) is 6.63. The van der Waals surface area contributed by atoms with Gasteiger partial charge in [-0.15, -0.1) is 0 Å². The zero-order valence-corrected chi connectivity index (χ0v) is 21.9. The maximum absolute atomic E-state index is 5.38. The SMILES string of the molecule is CCN1CCCC1CNc1nc(Nc2ccc(OC)c(I)c2)nc(NC2CCCCCC2)n1. The lowest BCUT2D eigenvalue weighted by Crippen LogP contribution is -2.35. The van der Waals surface area contributed by atoms with Crippen LogP contribution in [0.25, 0.3) is 0 Å². The Morgan fingerprint density at radius 2 is 1.76 bits per heavy atom. The fourth-order valence-corrected chi connectivity index (χ4v) is 5.54. The molecule has 8 nitrogen and oxygen atoms in total. The highest BCUT2D eigenvalue weighted by Gasteiger charge is 2.23. The number of nitrogens with one attached hydrogen (secondary N) is 3. The summed E-state index contributed by atoms with van der Waals surface area (Å²) in [7, 11) is 1.68. The summed E-state index contributed by atoms with van der Waals surface area (Å²) in [6.07, 6.45) is 9.97. The van der Waals surface area contributed by atoms with E-state index in [1.165, 1.54) is 57.9 Å². The number of aromatic nitrogens is 3. The van der Waals surface area contributed by atoms with Gasteiger partial charge >= 0.3 is 0 Å². The molecule has 2 aliphatic rings. The molecule has 1 aliphatic heterocycles. The Kier molecular flexibility index (Phi) is 8.82. The van der Waals surface area contributed by atoms with Crippen LogP contribution >= 0.6 is 22.6 Å². The summed E-state index contributed by atoms with van der Waals surface area (Å²) in [5.74, 6) is 2.66. The van der Waals surface area contributed by atoms with Crippen LogP contribution in [0.4, 0.5) is 23.5 Å². The highest BCUT2D eigenvalue weighted by Crippen LogP contribution is 2.26. The maximum atomic E-state index is 5.38. The summed E-state index contributed by atoms with van der Waals surface area (Å²) in [6, 6.07) is 6.92. The van der Waals surface area contributed by atoms with Crippen LogP contribution in [0.5, 0.6) is 5.75 Å². The van der Waals surface area contributed by atoms with E-state index in [2.05, 4.69) is 55.3 Å². The van der Waals surface area contributed by atoms with Crippen molar-refractivity contribution in [2.75, 3.05) is 42.7 Å². The molecule has 1 atom stereocenters. The van der Waals surface area contributed by atoms with Crippen LogP contribution in [0.1, 0.15) is 58.3 Å². The Labute approximate surface area is 210 Å². The molecular weight excluding hydrogens is 529 g/mol. The topological polar surface area (TPSA) is 87.2 Å². The fourth-order valence-electron chi connectivity index (χ4n) is 4.81. The standard InChI is InChI=1S/C24H36IN7O/c1-3-32-14-8-11-19(32)16-26-22-29-23(27-17-9-6-4-5-7-10-17)31-24(30-22)28-18-12-13-21(33-2)20(25)15-18/h12-13,15,17,19H,3-11,14,16H2,1-2H3,(H3,26,27,28,29,30,31). The van der Waals surface area contributed by atoms with Gasteiger partial charge in [0.2, 0.25) is 17.8 Å². The largest absolute Gasteiger partial charge is 0.496 e. The van der Waals surface area contributed by atoms with E-state index < -0.39 is 0 Å². The number of hydrogen-bond acceptors (Lipinski definition) is 8. The lowest BCUT2D eigenvalue weighted by atomic mass is 10.1. The lowest BCUT2D eigenvalue weighted by Gasteiger charge is -2.23. The van der Waals surface area contributed by atoms with Crippen LogP contribution in [-0.4, -0.2) is 58.7 Å². The summed E-state index contributed by atoms with van der Waals surface area (Å²) < 4.78 is 6.41. The van der Waals surface area contributed by atoms with Gasteiger partial charge < -0.3 is 20.7 Å². The predicted octanol–water partition coefficient (Wildman–Crippen LogP) is 5.26. The van der Waals surface area contributed by atoms with Gasteiger partial charge in [0.1, 0.15) is 5.75 Å². The number of halogens is 1. The molecule has 1 aromatic heterocycles. The molecule has 2 fully saturated rings. The number of nitrogens with zero attached hydrogens (tertiary/aromatic N) is 4. The number of likely N-dealkylation sites (tertiary alicyclic amines) is 1. The monoisotopic (exact) mass is 565 g/mol. The van der Waals surface area contributed by atoms with Crippen LogP contribution in [0.15, 0.2) is 18.2 Å². The van der Waals surface area contributed by atoms with Crippen molar-refractivity contribution >= 4 is 46.1 Å². The third kappa shape index (κ3) is 6.81. The van der Waals surface area contributed by atoms with Crippen molar-refractivity contribution in [3.05, 3.63) is 21.8 Å². The predicted molar refractivity (Wildman–Crippen MR) is 143 cm³/mol. The second kappa shape index (κ2) is 12.0. The van der Waals surface area contributed by atoms with Crippen LogP contribution < -0.4 is 20.7 Å². The molecule has 2 heterocycles. The first-order valence-corrected chi connectivity index (χ1v) is 13.3. The first-order chi connectivity index (χ1) is 16.1. The molecule has 0 bridgehead atoms. The molecule has 1 saturated heterocycles. The Balaban J connectivity index is 1.52. The molecule has 3 N–H and O–H groups in total. The van der Waals surface area contributed by atoms with E-state index in [4.69, 9.17) is 14.7 Å². The van der Waals surface area contributed by atoms with Gasteiger partial charge in [-0.3, -0.25) is 4.90 Å². The smallest absolute Gasteiger partial charge is 0.233 e. The zero-order valence-electron chi connectivity index (χ0n) is 19.7. The molecule has 0 amide bonds. The summed E-state index contributed by atoms with van der Waals surface area (Å²) in [5, 5.41) is 10.4. The van der Waals surface area contributed by atoms with E-state index in [-0.39, 0.29) is 0 Å². The maximum Gasteiger partial charge on any atom is 0.233 e. The first kappa shape index (κ1) is 24.3. The number of methoxy groups -OCH3 is 1. The Morgan fingerprint density at radius 3 is 2.48 bits per heavy atom. The molecule has 4 rings (SSSR count). The van der Waals surface area contributed by atoms with Crippen molar-refractivity contribution < 1.29 is 4.74 Å². The Bertz CT molecular complexity index is 904. The average molecular weight is 566 g/mol. The van der Waals surface area contributed by atoms with Gasteiger partial charge in [-0.05, 0) is 79.6 Å². The molecule has 0 spiro atoms. The van der Waals surface area contributed by atoms with E-state index in [1.54, 1.807) is 7.11 Å². The van der Waals surface area contributed by atoms with Crippen LogP contribution in [0.3, 0.4) is 0 Å². The Hall–Kier alpha value is -1.88. The molecule has 1 aromatic carbocycles. The minimum atomic E-state index is 0.419. The van der Waals surface area contributed by atoms with Gasteiger partial charge in [-0.25, -0.2) is 0 Å². The number of benzene rings is 1. The quantitative estimate of drug-likeness (QED) is 0.281. The molecule has 9 heteroatoms. The minimum absolute atomic E-state index is 0.419. The van der Waals surface area contributed by atoms with Crippen molar-refractivity contribution in [2.45, 2.75) is 70.4 Å². The lowest BCUT2D eigenvalue weighted by molar-refractivity contribution is 0.277. The molecule has 0 radical (unpaired) electrons. The molecule has 1 aliphatic carbocycles. The second-order valence-corrected chi connectivity index (χ2v) is 10.1. The summed E-state index contributed by atoms with van der Waals surface area (Å²) >= 11 is 2.28. The first-order valence-electron chi connectivity index (χ1n) is 12.3. The molecule has 1 unspecified atom stereocenters. The molecule has 1 saturated carbocycles. The third-order valence-corrected chi connectivity index (χ3v) is 7.48. The van der Waals surface area contributed by atoms with E-state index in [9.17, 15) is 0 Å². The van der Waals surface area contributed by atoms with Crippen molar-refractivity contribution in [3.8, 4) is 5.75 Å². The van der Waals surface area contributed by atoms with Gasteiger partial charge in [0, 0.05) is 24.3 Å². The number of anilines is 4. The van der Waals surface area contributed by atoms with Crippen LogP contribution in [0.2, 0.25) is 0 Å². The molecule has 180 valence electrons. The van der Waals surface area contributed by atoms with Crippen molar-refractivity contribution in [3.63, 3.8) is 0 Å². The van der Waals surface area contributed by atoms with E-state index in [1.807, 2.05) is 18.2 Å². The normalized spacial score (nSPS) is 19.8. The highest BCUT2D eigenvalue weighted by molar-refractivity contribution is 14.1. The Morgan fingerprint density at radius 1 is 1.00 bits per heavy atom. The minimum Gasteiger partial charge on any atom is -0.496 e.